The summed E-state index contributed by atoms with van der Waals surface area (Å²) in [5.74, 6) is 0. The van der Waals surface area contributed by atoms with Crippen LogP contribution in [-0.4, -0.2) is 4.57 Å². The highest BCUT2D eigenvalue weighted by Gasteiger charge is 2.22. The van der Waals surface area contributed by atoms with Crippen molar-refractivity contribution < 1.29 is 0 Å². The predicted octanol–water partition coefficient (Wildman–Crippen LogP) is 3.56. The van der Waals surface area contributed by atoms with E-state index >= 15 is 0 Å². The van der Waals surface area contributed by atoms with E-state index < -0.39 is 0 Å². The molecule has 0 bridgehead atoms. The summed E-state index contributed by atoms with van der Waals surface area (Å²) in [6.07, 6.45) is 4.40. The van der Waals surface area contributed by atoms with E-state index in [0.29, 0.717) is 0 Å². The Balaban J connectivity index is 2.22. The zero-order valence-corrected chi connectivity index (χ0v) is 11.3. The second-order valence-corrected chi connectivity index (χ2v) is 5.78. The molecule has 0 amide bonds. The highest BCUT2D eigenvalue weighted by molar-refractivity contribution is 7.13. The average molecular weight is 270 g/mol. The SMILES string of the molecule is N#Cc1ccc(-c2cccs2)n(C2CCCC2)c1=O. The van der Waals surface area contributed by atoms with Gasteiger partial charge in [-0.05, 0) is 36.4 Å². The van der Waals surface area contributed by atoms with Crippen molar-refractivity contribution in [3.63, 3.8) is 0 Å². The van der Waals surface area contributed by atoms with Crippen LogP contribution in [0.2, 0.25) is 0 Å². The molecule has 3 rings (SSSR count). The quantitative estimate of drug-likeness (QED) is 0.837. The molecule has 0 spiro atoms. The molecule has 2 aromatic heterocycles. The van der Waals surface area contributed by atoms with Crippen LogP contribution < -0.4 is 5.56 Å². The molecule has 0 saturated heterocycles. The van der Waals surface area contributed by atoms with E-state index in [2.05, 4.69) is 0 Å². The Kier molecular flexibility index (Phi) is 3.22. The maximum Gasteiger partial charge on any atom is 0.269 e. The molecule has 0 radical (unpaired) electrons. The first-order valence-electron chi connectivity index (χ1n) is 6.51. The lowest BCUT2D eigenvalue weighted by Crippen LogP contribution is -2.26. The van der Waals surface area contributed by atoms with Crippen LogP contribution >= 0.6 is 11.3 Å². The van der Waals surface area contributed by atoms with Gasteiger partial charge in [0.2, 0.25) is 0 Å². The van der Waals surface area contributed by atoms with Gasteiger partial charge in [0.05, 0.1) is 10.6 Å². The van der Waals surface area contributed by atoms with Crippen molar-refractivity contribution >= 4 is 11.3 Å². The monoisotopic (exact) mass is 270 g/mol. The third-order valence-corrected chi connectivity index (χ3v) is 4.59. The molecule has 96 valence electrons. The third-order valence-electron chi connectivity index (χ3n) is 3.70. The zero-order valence-electron chi connectivity index (χ0n) is 10.5. The second-order valence-electron chi connectivity index (χ2n) is 4.83. The Bertz CT molecular complexity index is 673. The lowest BCUT2D eigenvalue weighted by atomic mass is 10.1. The molecule has 3 nitrogen and oxygen atoms in total. The van der Waals surface area contributed by atoms with E-state index in [1.807, 2.05) is 34.2 Å². The van der Waals surface area contributed by atoms with Gasteiger partial charge in [0.1, 0.15) is 11.6 Å². The summed E-state index contributed by atoms with van der Waals surface area (Å²) in [4.78, 5) is 13.5. The molecule has 0 N–H and O–H groups in total. The molecule has 0 atom stereocenters. The Labute approximate surface area is 115 Å². The first-order chi connectivity index (χ1) is 9.31. The van der Waals surface area contributed by atoms with Crippen molar-refractivity contribution in [2.24, 2.45) is 0 Å². The molecule has 1 aliphatic rings. The molecule has 1 fully saturated rings. The molecule has 4 heteroatoms. The number of rotatable bonds is 2. The smallest absolute Gasteiger partial charge is 0.269 e. The molecule has 2 heterocycles. The standard InChI is InChI=1S/C15H14N2OS/c16-10-11-7-8-13(14-6-3-9-19-14)17(15(11)18)12-4-1-2-5-12/h3,6-9,12H,1-2,4-5H2. The number of pyridine rings is 1. The van der Waals surface area contributed by atoms with Crippen molar-refractivity contribution in [3.8, 4) is 16.6 Å². The van der Waals surface area contributed by atoms with Crippen LogP contribution in [0.3, 0.4) is 0 Å². The Hall–Kier alpha value is -1.86. The van der Waals surface area contributed by atoms with E-state index in [0.717, 1.165) is 36.3 Å². The van der Waals surface area contributed by atoms with Gasteiger partial charge >= 0.3 is 0 Å². The van der Waals surface area contributed by atoms with Crippen molar-refractivity contribution in [2.75, 3.05) is 0 Å². The van der Waals surface area contributed by atoms with Crippen LogP contribution in [0, 0.1) is 11.3 Å². The Morgan fingerprint density at radius 1 is 1.26 bits per heavy atom. The highest BCUT2D eigenvalue weighted by Crippen LogP contribution is 2.33. The van der Waals surface area contributed by atoms with Gasteiger partial charge in [-0.2, -0.15) is 5.26 Å². The summed E-state index contributed by atoms with van der Waals surface area (Å²) in [6.45, 7) is 0. The normalized spacial score (nSPS) is 15.5. The molecular weight excluding hydrogens is 256 g/mol. The summed E-state index contributed by atoms with van der Waals surface area (Å²) in [6, 6.07) is 9.81. The second kappa shape index (κ2) is 5.02. The minimum atomic E-state index is -0.139. The van der Waals surface area contributed by atoms with E-state index in [1.54, 1.807) is 17.4 Å². The van der Waals surface area contributed by atoms with Gasteiger partial charge in [0, 0.05) is 6.04 Å². The molecular formula is C15H14N2OS. The van der Waals surface area contributed by atoms with E-state index in [4.69, 9.17) is 5.26 Å². The fourth-order valence-electron chi connectivity index (χ4n) is 2.79. The molecule has 0 unspecified atom stereocenters. The van der Waals surface area contributed by atoms with Crippen LogP contribution in [-0.2, 0) is 0 Å². The van der Waals surface area contributed by atoms with Gasteiger partial charge in [-0.3, -0.25) is 4.79 Å². The Morgan fingerprint density at radius 3 is 2.68 bits per heavy atom. The predicted molar refractivity (Wildman–Crippen MR) is 76.2 cm³/mol. The number of hydrogen-bond donors (Lipinski definition) is 0. The van der Waals surface area contributed by atoms with Gasteiger partial charge in [0.25, 0.3) is 5.56 Å². The molecule has 0 aromatic carbocycles. The van der Waals surface area contributed by atoms with E-state index in [9.17, 15) is 4.79 Å². The lowest BCUT2D eigenvalue weighted by Gasteiger charge is -2.18. The summed E-state index contributed by atoms with van der Waals surface area (Å²) in [7, 11) is 0. The average Bonchev–Trinajstić information content (AvgIpc) is 3.11. The number of nitriles is 1. The molecule has 0 aliphatic heterocycles. The zero-order chi connectivity index (χ0) is 13.2. The third kappa shape index (κ3) is 2.11. The maximum atomic E-state index is 12.4. The van der Waals surface area contributed by atoms with E-state index in [1.165, 1.54) is 0 Å². The van der Waals surface area contributed by atoms with Crippen molar-refractivity contribution in [1.82, 2.24) is 4.57 Å². The lowest BCUT2D eigenvalue weighted by molar-refractivity contribution is 0.507. The minimum absolute atomic E-state index is 0.139. The molecule has 2 aromatic rings. The van der Waals surface area contributed by atoms with Crippen LogP contribution in [0.15, 0.2) is 34.4 Å². The number of hydrogen-bond acceptors (Lipinski definition) is 3. The van der Waals surface area contributed by atoms with Crippen LogP contribution in [0.5, 0.6) is 0 Å². The molecule has 1 aliphatic carbocycles. The minimum Gasteiger partial charge on any atom is -0.303 e. The van der Waals surface area contributed by atoms with Gasteiger partial charge in [0.15, 0.2) is 0 Å². The molecule has 19 heavy (non-hydrogen) atoms. The first-order valence-corrected chi connectivity index (χ1v) is 7.39. The van der Waals surface area contributed by atoms with Crippen molar-refractivity contribution in [2.45, 2.75) is 31.7 Å². The van der Waals surface area contributed by atoms with Crippen LogP contribution in [0.25, 0.3) is 10.6 Å². The van der Waals surface area contributed by atoms with Gasteiger partial charge < -0.3 is 4.57 Å². The van der Waals surface area contributed by atoms with Crippen LogP contribution in [0.1, 0.15) is 37.3 Å². The fourth-order valence-corrected chi connectivity index (χ4v) is 3.54. The number of thiophene rings is 1. The number of aromatic nitrogens is 1. The van der Waals surface area contributed by atoms with E-state index in [-0.39, 0.29) is 17.2 Å². The van der Waals surface area contributed by atoms with Crippen molar-refractivity contribution in [1.29, 1.82) is 5.26 Å². The summed E-state index contributed by atoms with van der Waals surface area (Å²) in [5.41, 5.74) is 1.05. The highest BCUT2D eigenvalue weighted by atomic mass is 32.1. The molecule has 1 saturated carbocycles. The van der Waals surface area contributed by atoms with Crippen molar-refractivity contribution in [3.05, 3.63) is 45.6 Å². The first kappa shape index (κ1) is 12.2. The Morgan fingerprint density at radius 2 is 2.05 bits per heavy atom. The van der Waals surface area contributed by atoms with Gasteiger partial charge in [-0.15, -0.1) is 11.3 Å². The number of nitrogens with zero attached hydrogens (tertiary/aromatic N) is 2. The summed E-state index contributed by atoms with van der Waals surface area (Å²) in [5, 5.41) is 11.1. The summed E-state index contributed by atoms with van der Waals surface area (Å²) < 4.78 is 1.84. The maximum absolute atomic E-state index is 12.4. The van der Waals surface area contributed by atoms with Gasteiger partial charge in [-0.1, -0.05) is 18.9 Å². The largest absolute Gasteiger partial charge is 0.303 e. The van der Waals surface area contributed by atoms with Crippen LogP contribution in [0.4, 0.5) is 0 Å². The topological polar surface area (TPSA) is 45.8 Å². The van der Waals surface area contributed by atoms with Gasteiger partial charge in [-0.25, -0.2) is 0 Å². The fraction of sp³-hybridized carbons (Fsp3) is 0.333. The summed E-state index contributed by atoms with van der Waals surface area (Å²) >= 11 is 1.63.